The van der Waals surface area contributed by atoms with Crippen LogP contribution in [0.4, 0.5) is 0 Å². The van der Waals surface area contributed by atoms with Gasteiger partial charge in [-0.05, 0) is 36.2 Å². The van der Waals surface area contributed by atoms with Crippen LogP contribution in [0.2, 0.25) is 5.02 Å². The van der Waals surface area contributed by atoms with Crippen LogP contribution in [0.5, 0.6) is 5.75 Å². The van der Waals surface area contributed by atoms with Crippen LogP contribution in [0.3, 0.4) is 0 Å². The Bertz CT molecular complexity index is 783. The van der Waals surface area contributed by atoms with Gasteiger partial charge in [0.2, 0.25) is 0 Å². The number of benzene rings is 2. The van der Waals surface area contributed by atoms with Crippen molar-refractivity contribution in [2.45, 2.75) is 6.92 Å². The van der Waals surface area contributed by atoms with Gasteiger partial charge in [0.05, 0.1) is 17.6 Å². The highest BCUT2D eigenvalue weighted by Gasteiger charge is 2.09. The summed E-state index contributed by atoms with van der Waals surface area (Å²) in [7, 11) is 1.70. The molecule has 1 heterocycles. The summed E-state index contributed by atoms with van der Waals surface area (Å²) in [5.41, 5.74) is 4.15. The van der Waals surface area contributed by atoms with Crippen LogP contribution in [0.1, 0.15) is 5.56 Å². The lowest BCUT2D eigenvalue weighted by molar-refractivity contribution is 0.413. The van der Waals surface area contributed by atoms with E-state index in [1.165, 1.54) is 0 Å². The molecule has 1 aromatic heterocycles. The number of hydrogen-bond donors (Lipinski definition) is 0. The molecule has 0 amide bonds. The summed E-state index contributed by atoms with van der Waals surface area (Å²) in [5.74, 6) is 0.895. The first kappa shape index (κ1) is 12.9. The molecule has 0 fully saturated rings. The fourth-order valence-corrected chi connectivity index (χ4v) is 2.64. The average molecular weight is 284 g/mol. The second-order valence-corrected chi connectivity index (χ2v) is 5.09. The molecule has 0 aliphatic heterocycles. The number of nitrogens with zero attached hydrogens (tertiary/aromatic N) is 1. The topological polar surface area (TPSA) is 22.1 Å². The lowest BCUT2D eigenvalue weighted by Crippen LogP contribution is -1.91. The monoisotopic (exact) mass is 283 g/mol. The smallest absolute Gasteiger partial charge is 0.129 e. The van der Waals surface area contributed by atoms with Crippen LogP contribution >= 0.6 is 11.6 Å². The molecule has 0 saturated carbocycles. The summed E-state index contributed by atoms with van der Waals surface area (Å²) < 4.78 is 5.52. The van der Waals surface area contributed by atoms with Gasteiger partial charge >= 0.3 is 0 Å². The lowest BCUT2D eigenvalue weighted by atomic mass is 10.00. The molecule has 0 saturated heterocycles. The molecule has 3 aromatic rings. The number of aromatic nitrogens is 1. The van der Waals surface area contributed by atoms with E-state index in [4.69, 9.17) is 16.3 Å². The normalized spacial score (nSPS) is 10.8. The van der Waals surface area contributed by atoms with Gasteiger partial charge in [0.25, 0.3) is 0 Å². The van der Waals surface area contributed by atoms with E-state index < -0.39 is 0 Å². The molecule has 0 atom stereocenters. The van der Waals surface area contributed by atoms with Gasteiger partial charge < -0.3 is 4.74 Å². The summed E-state index contributed by atoms with van der Waals surface area (Å²) in [6.07, 6.45) is 1.72. The number of para-hydroxylation sites is 1. The van der Waals surface area contributed by atoms with Gasteiger partial charge in [-0.3, -0.25) is 4.98 Å². The Hall–Kier alpha value is -2.06. The van der Waals surface area contributed by atoms with Crippen LogP contribution in [0.25, 0.3) is 22.0 Å². The third-order valence-electron chi connectivity index (χ3n) is 3.42. The number of methoxy groups -OCH3 is 1. The average Bonchev–Trinajstić information content (AvgIpc) is 2.47. The van der Waals surface area contributed by atoms with Crippen LogP contribution in [0, 0.1) is 6.92 Å². The Morgan fingerprint density at radius 2 is 1.95 bits per heavy atom. The first-order valence-electron chi connectivity index (χ1n) is 6.39. The number of fused-ring (bicyclic) bond motifs is 1. The summed E-state index contributed by atoms with van der Waals surface area (Å²) in [5, 5.41) is 1.67. The Labute approximate surface area is 123 Å². The minimum Gasteiger partial charge on any atom is -0.496 e. The predicted molar refractivity (Wildman–Crippen MR) is 83.5 cm³/mol. The molecule has 2 nitrogen and oxygen atoms in total. The standard InChI is InChI=1S/C17H14ClNO/c1-11-4-3-5-13(17(11)20-2)12-6-7-16-14(10-12)15(18)8-9-19-16/h3-10H,1-2H3. The molecule has 0 N–H and O–H groups in total. The summed E-state index contributed by atoms with van der Waals surface area (Å²) >= 11 is 6.25. The molecule has 0 spiro atoms. The largest absolute Gasteiger partial charge is 0.496 e. The third kappa shape index (κ3) is 2.12. The van der Waals surface area contributed by atoms with Crippen LogP contribution < -0.4 is 4.74 Å². The fourth-order valence-electron chi connectivity index (χ4n) is 2.43. The summed E-state index contributed by atoms with van der Waals surface area (Å²) in [4.78, 5) is 4.32. The highest BCUT2D eigenvalue weighted by Crippen LogP contribution is 2.35. The van der Waals surface area contributed by atoms with E-state index in [2.05, 4.69) is 17.1 Å². The number of hydrogen-bond acceptors (Lipinski definition) is 2. The molecule has 3 heteroatoms. The number of aryl methyl sites for hydroxylation is 1. The highest BCUT2D eigenvalue weighted by atomic mass is 35.5. The zero-order chi connectivity index (χ0) is 14.1. The number of halogens is 1. The molecule has 3 rings (SSSR count). The van der Waals surface area contributed by atoms with Crippen molar-refractivity contribution in [3.63, 3.8) is 0 Å². The lowest BCUT2D eigenvalue weighted by Gasteiger charge is -2.12. The quantitative estimate of drug-likeness (QED) is 0.669. The van der Waals surface area contributed by atoms with Crippen molar-refractivity contribution in [3.05, 3.63) is 59.2 Å². The maximum atomic E-state index is 6.25. The fraction of sp³-hybridized carbons (Fsp3) is 0.118. The van der Waals surface area contributed by atoms with Crippen LogP contribution in [-0.2, 0) is 0 Å². The molecule has 20 heavy (non-hydrogen) atoms. The SMILES string of the molecule is COc1c(C)cccc1-c1ccc2nccc(Cl)c2c1. The Balaban J connectivity index is 2.25. The van der Waals surface area contributed by atoms with E-state index in [9.17, 15) is 0 Å². The Kier molecular flexibility index (Phi) is 3.33. The minimum atomic E-state index is 0.712. The molecule has 100 valence electrons. The predicted octanol–water partition coefficient (Wildman–Crippen LogP) is 4.87. The molecule has 0 aliphatic carbocycles. The van der Waals surface area contributed by atoms with Crippen molar-refractivity contribution < 1.29 is 4.74 Å². The van der Waals surface area contributed by atoms with Gasteiger partial charge in [-0.15, -0.1) is 0 Å². The first-order valence-corrected chi connectivity index (χ1v) is 6.77. The van der Waals surface area contributed by atoms with E-state index in [-0.39, 0.29) is 0 Å². The van der Waals surface area contributed by atoms with Gasteiger partial charge in [0.1, 0.15) is 5.75 Å². The maximum absolute atomic E-state index is 6.25. The second-order valence-electron chi connectivity index (χ2n) is 4.68. The number of rotatable bonds is 2. The van der Waals surface area contributed by atoms with Crippen molar-refractivity contribution in [2.75, 3.05) is 7.11 Å². The van der Waals surface area contributed by atoms with E-state index in [1.54, 1.807) is 19.4 Å². The molecular weight excluding hydrogens is 270 g/mol. The van der Waals surface area contributed by atoms with Crippen molar-refractivity contribution in [1.29, 1.82) is 0 Å². The zero-order valence-corrected chi connectivity index (χ0v) is 12.1. The van der Waals surface area contributed by atoms with Crippen LogP contribution in [-0.4, -0.2) is 12.1 Å². The number of pyridine rings is 1. The number of ether oxygens (including phenoxy) is 1. The van der Waals surface area contributed by atoms with E-state index in [0.29, 0.717) is 5.02 Å². The van der Waals surface area contributed by atoms with Crippen molar-refractivity contribution in [2.24, 2.45) is 0 Å². The van der Waals surface area contributed by atoms with E-state index in [0.717, 1.165) is 33.3 Å². The minimum absolute atomic E-state index is 0.712. The maximum Gasteiger partial charge on any atom is 0.129 e. The van der Waals surface area contributed by atoms with Crippen molar-refractivity contribution in [3.8, 4) is 16.9 Å². The van der Waals surface area contributed by atoms with Gasteiger partial charge in [-0.1, -0.05) is 35.9 Å². The Morgan fingerprint density at radius 1 is 1.10 bits per heavy atom. The van der Waals surface area contributed by atoms with Crippen LogP contribution in [0.15, 0.2) is 48.7 Å². The van der Waals surface area contributed by atoms with Gasteiger partial charge in [-0.25, -0.2) is 0 Å². The molecule has 0 bridgehead atoms. The molecular formula is C17H14ClNO. The van der Waals surface area contributed by atoms with Gasteiger partial charge in [-0.2, -0.15) is 0 Å². The van der Waals surface area contributed by atoms with E-state index in [1.807, 2.05) is 31.2 Å². The summed E-state index contributed by atoms with van der Waals surface area (Å²) in [6.45, 7) is 2.04. The van der Waals surface area contributed by atoms with Crippen molar-refractivity contribution in [1.82, 2.24) is 4.98 Å². The molecule has 0 radical (unpaired) electrons. The second kappa shape index (κ2) is 5.14. The third-order valence-corrected chi connectivity index (χ3v) is 3.74. The Morgan fingerprint density at radius 3 is 2.75 bits per heavy atom. The van der Waals surface area contributed by atoms with Crippen molar-refractivity contribution >= 4 is 22.5 Å². The van der Waals surface area contributed by atoms with E-state index >= 15 is 0 Å². The molecule has 2 aromatic carbocycles. The first-order chi connectivity index (χ1) is 9.70. The van der Waals surface area contributed by atoms with Gasteiger partial charge in [0, 0.05) is 17.1 Å². The van der Waals surface area contributed by atoms with Gasteiger partial charge in [0.15, 0.2) is 0 Å². The molecule has 0 unspecified atom stereocenters. The molecule has 0 aliphatic rings. The summed E-state index contributed by atoms with van der Waals surface area (Å²) in [6, 6.07) is 14.0. The zero-order valence-electron chi connectivity index (χ0n) is 11.4. The highest BCUT2D eigenvalue weighted by molar-refractivity contribution is 6.35.